The van der Waals surface area contributed by atoms with Crippen LogP contribution >= 0.6 is 0 Å². The molecule has 102 valence electrons. The van der Waals surface area contributed by atoms with E-state index in [-0.39, 0.29) is 12.6 Å². The molecule has 0 unspecified atom stereocenters. The van der Waals surface area contributed by atoms with Crippen LogP contribution in [0.2, 0.25) is 0 Å². The fraction of sp³-hybridized carbons (Fsp3) is 0.727. The van der Waals surface area contributed by atoms with Gasteiger partial charge in [-0.25, -0.2) is 4.79 Å². The average molecular weight is 256 g/mol. The molecule has 1 N–H and O–H groups in total. The van der Waals surface area contributed by atoms with Crippen molar-refractivity contribution in [2.75, 3.05) is 32.9 Å². The van der Waals surface area contributed by atoms with Crippen molar-refractivity contribution < 1.29 is 14.3 Å². The van der Waals surface area contributed by atoms with E-state index in [4.69, 9.17) is 9.47 Å². The minimum Gasteiger partial charge on any atom is -0.464 e. The molecular formula is C11H20N4O3. The van der Waals surface area contributed by atoms with Crippen molar-refractivity contribution >= 4 is 5.97 Å². The second-order valence-corrected chi connectivity index (χ2v) is 3.72. The molecule has 0 radical (unpaired) electrons. The Bertz CT molecular complexity index is 354. The molecule has 0 aliphatic rings. The normalized spacial score (nSPS) is 10.6. The topological polar surface area (TPSA) is 78.3 Å². The largest absolute Gasteiger partial charge is 0.464 e. The van der Waals surface area contributed by atoms with Gasteiger partial charge in [0.2, 0.25) is 0 Å². The van der Waals surface area contributed by atoms with Gasteiger partial charge >= 0.3 is 5.97 Å². The van der Waals surface area contributed by atoms with Crippen LogP contribution in [0.1, 0.15) is 12.7 Å². The molecule has 0 bridgehead atoms. The molecule has 7 heteroatoms. The second-order valence-electron chi connectivity index (χ2n) is 3.72. The SMILES string of the molecule is CCOC(=O)COCCNCCc1nncn1C. The zero-order valence-corrected chi connectivity index (χ0v) is 10.9. The number of carbonyl (C=O) groups is 1. The first-order chi connectivity index (χ1) is 8.74. The van der Waals surface area contributed by atoms with Gasteiger partial charge in [-0.2, -0.15) is 0 Å². The van der Waals surface area contributed by atoms with E-state index in [9.17, 15) is 4.79 Å². The van der Waals surface area contributed by atoms with E-state index in [1.54, 1.807) is 13.3 Å². The number of hydrogen-bond donors (Lipinski definition) is 1. The van der Waals surface area contributed by atoms with Gasteiger partial charge in [0.25, 0.3) is 0 Å². The number of nitrogens with one attached hydrogen (secondary N) is 1. The molecule has 1 heterocycles. The lowest BCUT2D eigenvalue weighted by atomic mass is 10.4. The van der Waals surface area contributed by atoms with E-state index in [0.717, 1.165) is 18.8 Å². The van der Waals surface area contributed by atoms with Crippen LogP contribution in [0, 0.1) is 0 Å². The summed E-state index contributed by atoms with van der Waals surface area (Å²) < 4.78 is 11.8. The molecule has 7 nitrogen and oxygen atoms in total. The second kappa shape index (κ2) is 8.60. The van der Waals surface area contributed by atoms with Crippen LogP contribution in [0.25, 0.3) is 0 Å². The highest BCUT2D eigenvalue weighted by Crippen LogP contribution is 1.90. The number of rotatable bonds is 9. The van der Waals surface area contributed by atoms with Gasteiger partial charge in [0.05, 0.1) is 13.2 Å². The fourth-order valence-electron chi connectivity index (χ4n) is 1.36. The molecule has 0 atom stereocenters. The van der Waals surface area contributed by atoms with Crippen molar-refractivity contribution in [3.05, 3.63) is 12.2 Å². The van der Waals surface area contributed by atoms with Crippen LogP contribution < -0.4 is 5.32 Å². The number of aromatic nitrogens is 3. The third-order valence-corrected chi connectivity index (χ3v) is 2.28. The first-order valence-electron chi connectivity index (χ1n) is 6.01. The highest BCUT2D eigenvalue weighted by atomic mass is 16.6. The van der Waals surface area contributed by atoms with E-state index in [0.29, 0.717) is 19.8 Å². The van der Waals surface area contributed by atoms with Crippen molar-refractivity contribution in [1.29, 1.82) is 0 Å². The van der Waals surface area contributed by atoms with E-state index in [2.05, 4.69) is 15.5 Å². The molecule has 0 fully saturated rings. The van der Waals surface area contributed by atoms with Gasteiger partial charge in [-0.3, -0.25) is 0 Å². The Morgan fingerprint density at radius 1 is 1.50 bits per heavy atom. The highest BCUT2D eigenvalue weighted by Gasteiger charge is 2.01. The third kappa shape index (κ3) is 5.74. The lowest BCUT2D eigenvalue weighted by molar-refractivity contribution is -0.148. The van der Waals surface area contributed by atoms with Gasteiger partial charge in [0.15, 0.2) is 0 Å². The van der Waals surface area contributed by atoms with Crippen LogP contribution in [-0.4, -0.2) is 53.6 Å². The summed E-state index contributed by atoms with van der Waals surface area (Å²) >= 11 is 0. The molecule has 1 rings (SSSR count). The summed E-state index contributed by atoms with van der Waals surface area (Å²) in [4.78, 5) is 10.9. The van der Waals surface area contributed by atoms with Crippen LogP contribution in [0.3, 0.4) is 0 Å². The van der Waals surface area contributed by atoms with Crippen molar-refractivity contribution in [2.24, 2.45) is 7.05 Å². The monoisotopic (exact) mass is 256 g/mol. The number of nitrogens with zero attached hydrogens (tertiary/aromatic N) is 3. The first-order valence-corrected chi connectivity index (χ1v) is 6.01. The summed E-state index contributed by atoms with van der Waals surface area (Å²) in [6, 6.07) is 0. The predicted molar refractivity (Wildman–Crippen MR) is 65.0 cm³/mol. The van der Waals surface area contributed by atoms with Gasteiger partial charge < -0.3 is 19.4 Å². The van der Waals surface area contributed by atoms with E-state index in [1.807, 2.05) is 11.6 Å². The Balaban J connectivity index is 1.93. The number of esters is 1. The molecule has 1 aromatic heterocycles. The maximum atomic E-state index is 10.9. The number of carbonyl (C=O) groups excluding carboxylic acids is 1. The maximum absolute atomic E-state index is 10.9. The van der Waals surface area contributed by atoms with Gasteiger partial charge in [0, 0.05) is 26.6 Å². The Morgan fingerprint density at radius 2 is 2.33 bits per heavy atom. The molecule has 0 saturated carbocycles. The van der Waals surface area contributed by atoms with Crippen molar-refractivity contribution in [2.45, 2.75) is 13.3 Å². The van der Waals surface area contributed by atoms with Crippen molar-refractivity contribution in [3.63, 3.8) is 0 Å². The minimum atomic E-state index is -0.323. The zero-order chi connectivity index (χ0) is 13.2. The Morgan fingerprint density at radius 3 is 3.00 bits per heavy atom. The standard InChI is InChI=1S/C11H20N4O3/c1-3-18-11(16)8-17-7-6-12-5-4-10-14-13-9-15(10)2/h9,12H,3-8H2,1-2H3. The van der Waals surface area contributed by atoms with Gasteiger partial charge in [-0.15, -0.1) is 10.2 Å². The fourth-order valence-corrected chi connectivity index (χ4v) is 1.36. The van der Waals surface area contributed by atoms with Crippen LogP contribution in [0.15, 0.2) is 6.33 Å². The summed E-state index contributed by atoms with van der Waals surface area (Å²) in [6.45, 7) is 4.15. The summed E-state index contributed by atoms with van der Waals surface area (Å²) in [5, 5.41) is 11.0. The average Bonchev–Trinajstić information content (AvgIpc) is 2.74. The number of ether oxygens (including phenoxy) is 2. The van der Waals surface area contributed by atoms with E-state index >= 15 is 0 Å². The smallest absolute Gasteiger partial charge is 0.332 e. The number of hydrogen-bond acceptors (Lipinski definition) is 6. The van der Waals surface area contributed by atoms with Gasteiger partial charge in [-0.1, -0.05) is 0 Å². The molecule has 0 aromatic carbocycles. The summed E-state index contributed by atoms with van der Waals surface area (Å²) in [5.74, 6) is 0.617. The molecule has 0 saturated heterocycles. The summed E-state index contributed by atoms with van der Waals surface area (Å²) in [7, 11) is 1.91. The van der Waals surface area contributed by atoms with Crippen LogP contribution in [0.5, 0.6) is 0 Å². The lowest BCUT2D eigenvalue weighted by Gasteiger charge is -2.05. The molecule has 1 aromatic rings. The maximum Gasteiger partial charge on any atom is 0.332 e. The molecular weight excluding hydrogens is 236 g/mol. The van der Waals surface area contributed by atoms with Crippen molar-refractivity contribution in [1.82, 2.24) is 20.1 Å². The molecule has 0 spiro atoms. The van der Waals surface area contributed by atoms with Crippen LogP contribution in [0.4, 0.5) is 0 Å². The van der Waals surface area contributed by atoms with Crippen LogP contribution in [-0.2, 0) is 27.7 Å². The van der Waals surface area contributed by atoms with Gasteiger partial charge in [-0.05, 0) is 6.92 Å². The molecule has 0 aliphatic carbocycles. The summed E-state index contributed by atoms with van der Waals surface area (Å²) in [6.07, 6.45) is 2.49. The Hall–Kier alpha value is -1.47. The lowest BCUT2D eigenvalue weighted by Crippen LogP contribution is -2.24. The predicted octanol–water partition coefficient (Wildman–Crippen LogP) is -0.473. The molecule has 18 heavy (non-hydrogen) atoms. The zero-order valence-electron chi connectivity index (χ0n) is 10.9. The Labute approximate surface area is 106 Å². The number of aryl methyl sites for hydroxylation is 1. The minimum absolute atomic E-state index is 0.0127. The quantitative estimate of drug-likeness (QED) is 0.475. The van der Waals surface area contributed by atoms with E-state index in [1.165, 1.54) is 0 Å². The highest BCUT2D eigenvalue weighted by molar-refractivity contribution is 5.70. The Kier molecular flexibility index (Phi) is 6.97. The first kappa shape index (κ1) is 14.6. The van der Waals surface area contributed by atoms with E-state index < -0.39 is 0 Å². The van der Waals surface area contributed by atoms with Gasteiger partial charge in [0.1, 0.15) is 18.8 Å². The molecule has 0 amide bonds. The summed E-state index contributed by atoms with van der Waals surface area (Å²) in [5.41, 5.74) is 0. The third-order valence-electron chi connectivity index (χ3n) is 2.28. The molecule has 0 aliphatic heterocycles. The van der Waals surface area contributed by atoms with Crippen molar-refractivity contribution in [3.8, 4) is 0 Å².